The zero-order valence-corrected chi connectivity index (χ0v) is 21.8. The molecule has 2 aromatic carbocycles. The van der Waals surface area contributed by atoms with Gasteiger partial charge in [-0.1, -0.05) is 0 Å². The van der Waals surface area contributed by atoms with Crippen molar-refractivity contribution in [2.24, 2.45) is 0 Å². The van der Waals surface area contributed by atoms with Crippen LogP contribution in [0, 0.1) is 0 Å². The molecule has 4 aromatic rings. The van der Waals surface area contributed by atoms with Gasteiger partial charge in [0.1, 0.15) is 17.2 Å². The summed E-state index contributed by atoms with van der Waals surface area (Å²) < 4.78 is 12.6. The Labute approximate surface area is 218 Å². The van der Waals surface area contributed by atoms with Crippen LogP contribution in [-0.2, 0) is 11.2 Å². The average Bonchev–Trinajstić information content (AvgIpc) is 3.31. The summed E-state index contributed by atoms with van der Waals surface area (Å²) in [7, 11) is 0. The highest BCUT2D eigenvalue weighted by atomic mass is 32.1. The number of hydrogen-bond donors (Lipinski definition) is 0. The fourth-order valence-corrected chi connectivity index (χ4v) is 4.62. The lowest BCUT2D eigenvalue weighted by atomic mass is 10.1. The standard InChI is InChI=1S/C27H28N4O5S/c1-4-30(5-2)25(33)16-36-21-11-7-18(8-12-21)23-17-37-27-28-26(34)22(29-31(23)27)15-24(32)19-9-13-20(14-10-19)35-6-3/h7-14,17H,4-6,15-16H2,1-3H3. The molecule has 4 rings (SSSR count). The van der Waals surface area contributed by atoms with Gasteiger partial charge in [0.2, 0.25) is 4.96 Å². The van der Waals surface area contributed by atoms with Crippen LogP contribution < -0.4 is 15.0 Å². The summed E-state index contributed by atoms with van der Waals surface area (Å²) in [6.07, 6.45) is -0.161. The number of ether oxygens (including phenoxy) is 2. The van der Waals surface area contributed by atoms with Gasteiger partial charge in [-0.15, -0.1) is 11.3 Å². The molecule has 0 radical (unpaired) electrons. The minimum Gasteiger partial charge on any atom is -0.494 e. The molecule has 37 heavy (non-hydrogen) atoms. The molecule has 192 valence electrons. The molecule has 0 N–H and O–H groups in total. The summed E-state index contributed by atoms with van der Waals surface area (Å²) in [4.78, 5) is 43.8. The monoisotopic (exact) mass is 520 g/mol. The number of rotatable bonds is 11. The van der Waals surface area contributed by atoms with Gasteiger partial charge in [-0.05, 0) is 69.3 Å². The molecule has 0 aliphatic heterocycles. The lowest BCUT2D eigenvalue weighted by Crippen LogP contribution is -2.34. The number of amides is 1. The molecule has 0 fully saturated rings. The van der Waals surface area contributed by atoms with Crippen molar-refractivity contribution in [2.45, 2.75) is 27.2 Å². The van der Waals surface area contributed by atoms with E-state index in [4.69, 9.17) is 9.47 Å². The molecule has 0 aliphatic carbocycles. The zero-order chi connectivity index (χ0) is 26.4. The number of likely N-dealkylation sites (N-methyl/N-ethyl adjacent to an activating group) is 1. The van der Waals surface area contributed by atoms with Crippen LogP contribution in [0.15, 0.2) is 58.7 Å². The molecule has 1 amide bonds. The van der Waals surface area contributed by atoms with Crippen molar-refractivity contribution in [3.63, 3.8) is 0 Å². The SMILES string of the molecule is CCOc1ccc(C(=O)Cc2nn3c(-c4ccc(OCC(=O)N(CC)CC)cc4)csc3nc2=O)cc1. The summed E-state index contributed by atoms with van der Waals surface area (Å²) >= 11 is 1.29. The van der Waals surface area contributed by atoms with E-state index in [1.165, 1.54) is 11.3 Å². The third-order valence-electron chi connectivity index (χ3n) is 5.79. The molecular formula is C27H28N4O5S. The summed E-state index contributed by atoms with van der Waals surface area (Å²) in [5, 5.41) is 6.32. The van der Waals surface area contributed by atoms with Crippen molar-refractivity contribution in [3.8, 4) is 22.8 Å². The molecule has 0 unspecified atom stereocenters. The lowest BCUT2D eigenvalue weighted by Gasteiger charge is -2.18. The van der Waals surface area contributed by atoms with Crippen molar-refractivity contribution in [2.75, 3.05) is 26.3 Å². The number of carbonyl (C=O) groups excluding carboxylic acids is 2. The van der Waals surface area contributed by atoms with Crippen LogP contribution >= 0.6 is 11.3 Å². The van der Waals surface area contributed by atoms with E-state index >= 15 is 0 Å². The van der Waals surface area contributed by atoms with E-state index in [1.807, 2.05) is 38.3 Å². The molecule has 0 saturated heterocycles. The van der Waals surface area contributed by atoms with Crippen LogP contribution in [0.25, 0.3) is 16.2 Å². The number of hydrogen-bond acceptors (Lipinski definition) is 8. The first-order chi connectivity index (χ1) is 17.9. The van der Waals surface area contributed by atoms with Gasteiger partial charge in [0, 0.05) is 29.6 Å². The number of aromatic nitrogens is 3. The second kappa shape index (κ2) is 11.8. The number of carbonyl (C=O) groups is 2. The van der Waals surface area contributed by atoms with Crippen LogP contribution in [-0.4, -0.2) is 57.5 Å². The highest BCUT2D eigenvalue weighted by Crippen LogP contribution is 2.26. The maximum atomic E-state index is 12.8. The molecule has 0 atom stereocenters. The smallest absolute Gasteiger partial charge is 0.296 e. The van der Waals surface area contributed by atoms with Gasteiger partial charge in [-0.2, -0.15) is 10.1 Å². The zero-order valence-electron chi connectivity index (χ0n) is 21.0. The van der Waals surface area contributed by atoms with Crippen molar-refractivity contribution in [1.82, 2.24) is 19.5 Å². The Morgan fingerprint density at radius 2 is 1.59 bits per heavy atom. The highest BCUT2D eigenvalue weighted by Gasteiger charge is 2.16. The van der Waals surface area contributed by atoms with E-state index < -0.39 is 5.56 Å². The fourth-order valence-electron chi connectivity index (χ4n) is 3.79. The van der Waals surface area contributed by atoms with Crippen LogP contribution in [0.3, 0.4) is 0 Å². The van der Waals surface area contributed by atoms with Crippen molar-refractivity contribution in [1.29, 1.82) is 0 Å². The predicted octanol–water partition coefficient (Wildman–Crippen LogP) is 3.89. The Morgan fingerprint density at radius 1 is 0.946 bits per heavy atom. The Hall–Kier alpha value is -4.05. The quantitative estimate of drug-likeness (QED) is 0.277. The second-order valence-corrected chi connectivity index (χ2v) is 8.95. The number of ketones is 1. The maximum Gasteiger partial charge on any atom is 0.296 e. The van der Waals surface area contributed by atoms with Crippen molar-refractivity contribution < 1.29 is 19.1 Å². The number of fused-ring (bicyclic) bond motifs is 1. The highest BCUT2D eigenvalue weighted by molar-refractivity contribution is 7.15. The number of benzene rings is 2. The second-order valence-electron chi connectivity index (χ2n) is 8.12. The van der Waals surface area contributed by atoms with E-state index in [9.17, 15) is 14.4 Å². The first kappa shape index (κ1) is 26.0. The van der Waals surface area contributed by atoms with Gasteiger partial charge in [0.15, 0.2) is 12.4 Å². The first-order valence-electron chi connectivity index (χ1n) is 12.1. The average molecular weight is 521 g/mol. The van der Waals surface area contributed by atoms with Gasteiger partial charge in [-0.25, -0.2) is 4.52 Å². The third kappa shape index (κ3) is 6.03. The normalized spacial score (nSPS) is 10.9. The summed E-state index contributed by atoms with van der Waals surface area (Å²) in [5.74, 6) is 0.954. The van der Waals surface area contributed by atoms with Gasteiger partial charge in [-0.3, -0.25) is 14.4 Å². The van der Waals surface area contributed by atoms with Gasteiger partial charge < -0.3 is 14.4 Å². The Bertz CT molecular complexity index is 1440. The molecule has 2 heterocycles. The molecule has 10 heteroatoms. The minimum absolute atomic E-state index is 0.0271. The summed E-state index contributed by atoms with van der Waals surface area (Å²) in [5.41, 5.74) is 1.58. The van der Waals surface area contributed by atoms with Crippen LogP contribution in [0.1, 0.15) is 36.8 Å². The van der Waals surface area contributed by atoms with Gasteiger partial charge in [0.05, 0.1) is 18.7 Å². The van der Waals surface area contributed by atoms with Crippen LogP contribution in [0.2, 0.25) is 0 Å². The molecule has 0 saturated carbocycles. The molecule has 0 aliphatic rings. The van der Waals surface area contributed by atoms with Gasteiger partial charge in [0.25, 0.3) is 11.5 Å². The number of thiazole rings is 1. The lowest BCUT2D eigenvalue weighted by molar-refractivity contribution is -0.132. The maximum absolute atomic E-state index is 12.8. The van der Waals surface area contributed by atoms with Gasteiger partial charge >= 0.3 is 0 Å². The largest absolute Gasteiger partial charge is 0.494 e. The number of nitrogens with zero attached hydrogens (tertiary/aromatic N) is 4. The molecular weight excluding hydrogens is 492 g/mol. The molecule has 0 bridgehead atoms. The van der Waals surface area contributed by atoms with E-state index in [1.54, 1.807) is 45.8 Å². The topological polar surface area (TPSA) is 103 Å². The molecule has 0 spiro atoms. The Kier molecular flexibility index (Phi) is 8.29. The third-order valence-corrected chi connectivity index (χ3v) is 6.61. The van der Waals surface area contributed by atoms with Crippen molar-refractivity contribution >= 4 is 28.0 Å². The van der Waals surface area contributed by atoms with E-state index in [0.29, 0.717) is 41.7 Å². The first-order valence-corrected chi connectivity index (χ1v) is 13.0. The van der Waals surface area contributed by atoms with E-state index in [0.717, 1.165) is 11.3 Å². The Morgan fingerprint density at radius 3 is 2.24 bits per heavy atom. The summed E-state index contributed by atoms with van der Waals surface area (Å²) in [6, 6.07) is 14.1. The minimum atomic E-state index is -0.519. The predicted molar refractivity (Wildman–Crippen MR) is 142 cm³/mol. The van der Waals surface area contributed by atoms with E-state index in [-0.39, 0.29) is 30.4 Å². The number of Topliss-reactive ketones (excluding diaryl/α,β-unsaturated/α-hetero) is 1. The summed E-state index contributed by atoms with van der Waals surface area (Å²) in [6.45, 7) is 7.53. The van der Waals surface area contributed by atoms with Crippen LogP contribution in [0.5, 0.6) is 11.5 Å². The van der Waals surface area contributed by atoms with E-state index in [2.05, 4.69) is 10.1 Å². The fraction of sp³-hybridized carbons (Fsp3) is 0.296. The molecule has 2 aromatic heterocycles. The molecule has 9 nitrogen and oxygen atoms in total. The van der Waals surface area contributed by atoms with Crippen LogP contribution in [0.4, 0.5) is 0 Å². The van der Waals surface area contributed by atoms with Crippen molar-refractivity contribution in [3.05, 3.63) is 75.5 Å². The Balaban J connectivity index is 1.51.